The van der Waals surface area contributed by atoms with Crippen molar-refractivity contribution in [2.75, 3.05) is 18.5 Å². The predicted molar refractivity (Wildman–Crippen MR) is 310 cm³/mol. The summed E-state index contributed by atoms with van der Waals surface area (Å²) in [4.78, 5) is 35.5. The van der Waals surface area contributed by atoms with Crippen LogP contribution >= 0.6 is 15.9 Å². The monoisotopic (exact) mass is 1190 g/mol. The van der Waals surface area contributed by atoms with Crippen LogP contribution in [0.2, 0.25) is 51.4 Å². The molecule has 412 valence electrons. The van der Waals surface area contributed by atoms with E-state index in [-0.39, 0.29) is 41.7 Å². The van der Waals surface area contributed by atoms with Crippen molar-refractivity contribution in [1.29, 1.82) is 0 Å². The molecule has 0 aliphatic heterocycles. The molecule has 0 radical (unpaired) electrons. The third-order valence-corrected chi connectivity index (χ3v) is 20.8. The molecule has 2 atom stereocenters. The molecule has 0 fully saturated rings. The Balaban J connectivity index is 0.000000217. The third kappa shape index (κ3) is 15.6. The summed E-state index contributed by atoms with van der Waals surface area (Å²) in [5.41, 5.74) is 8.09. The van der Waals surface area contributed by atoms with Gasteiger partial charge in [0.15, 0.2) is 0 Å². The number of aromatic nitrogens is 6. The maximum absolute atomic E-state index is 15.0. The Hall–Kier alpha value is -6.15. The number of fused-ring (bicyclic) bond motifs is 2. The van der Waals surface area contributed by atoms with Gasteiger partial charge in [-0.1, -0.05) is 142 Å². The number of aryl methyl sites for hydroxylation is 2. The number of nitrogens with one attached hydrogen (secondary N) is 1. The molecule has 2 aliphatic carbocycles. The number of halogens is 1. The lowest BCUT2D eigenvalue weighted by molar-refractivity contribution is 0.0714. The molecule has 0 spiro atoms. The fourth-order valence-corrected chi connectivity index (χ4v) is 14.2. The second-order valence-electron chi connectivity index (χ2n) is 21.4. The van der Waals surface area contributed by atoms with Crippen molar-refractivity contribution in [3.05, 3.63) is 166 Å². The number of nitrogens with zero attached hydrogens (tertiary/aromatic N) is 8. The summed E-state index contributed by atoms with van der Waals surface area (Å²) >= 11 is 3.24. The molecule has 2 aromatic heterocycles. The first kappa shape index (κ1) is 58.0. The summed E-state index contributed by atoms with van der Waals surface area (Å²) in [6, 6.07) is 40.1. The number of carbonyl (C=O) groups excluding carboxylic acids is 2. The van der Waals surface area contributed by atoms with Crippen molar-refractivity contribution in [1.82, 2.24) is 29.5 Å². The van der Waals surface area contributed by atoms with Gasteiger partial charge in [0.05, 0.1) is 9.79 Å². The van der Waals surface area contributed by atoms with Crippen molar-refractivity contribution in [2.24, 2.45) is 8.73 Å². The first-order valence-electron chi connectivity index (χ1n) is 26.1. The molecule has 78 heavy (non-hydrogen) atoms. The zero-order valence-electron chi connectivity index (χ0n) is 45.1. The molecule has 2 amide bonds. The third-order valence-electron chi connectivity index (χ3n) is 12.8. The molecule has 0 bridgehead atoms. The highest BCUT2D eigenvalue weighted by Gasteiger charge is 2.31. The second-order valence-corrected chi connectivity index (χ2v) is 37.5. The van der Waals surface area contributed by atoms with E-state index in [0.717, 1.165) is 67.4 Å². The zero-order valence-corrected chi connectivity index (χ0v) is 50.3. The Kier molecular flexibility index (Phi) is 19.5. The Labute approximate surface area is 468 Å². The Morgan fingerprint density at radius 3 is 1.44 bits per heavy atom. The highest BCUT2D eigenvalue weighted by Crippen LogP contribution is 2.40. The van der Waals surface area contributed by atoms with Crippen molar-refractivity contribution < 1.29 is 37.0 Å². The lowest BCUT2D eigenvalue weighted by atomic mass is 9.99. The fraction of sp³-hybridized carbons (Fsp3) is 0.357. The fourth-order valence-electron chi connectivity index (χ4n) is 8.71. The number of hydrogen-bond donors (Lipinski definition) is 1. The summed E-state index contributed by atoms with van der Waals surface area (Å²) in [7, 11) is -9.71. The van der Waals surface area contributed by atoms with Gasteiger partial charge in [-0.3, -0.25) is 0 Å². The van der Waals surface area contributed by atoms with Gasteiger partial charge in [-0.2, -0.15) is 9.97 Å². The number of ether oxygens (including phenoxy) is 4. The summed E-state index contributed by atoms with van der Waals surface area (Å²) in [5, 5.41) is 12.6. The van der Waals surface area contributed by atoms with Gasteiger partial charge in [0, 0.05) is 35.0 Å². The van der Waals surface area contributed by atoms with Crippen molar-refractivity contribution in [3.63, 3.8) is 0 Å². The Morgan fingerprint density at radius 2 is 1.00 bits per heavy atom. The smallest absolute Gasteiger partial charge is 0.442 e. The average Bonchev–Trinajstić information content (AvgIpc) is 4.34. The van der Waals surface area contributed by atoms with E-state index >= 15 is 0 Å². The molecule has 22 heteroatoms. The highest BCUT2D eigenvalue weighted by molar-refractivity contribution is 9.10. The van der Waals surface area contributed by atoms with Gasteiger partial charge >= 0.3 is 12.2 Å². The molecule has 0 saturated heterocycles. The van der Waals surface area contributed by atoms with Crippen LogP contribution in [-0.2, 0) is 90.8 Å². The van der Waals surface area contributed by atoms with Crippen LogP contribution in [0.15, 0.2) is 161 Å². The van der Waals surface area contributed by atoms with Gasteiger partial charge in [0.1, 0.15) is 46.1 Å². The minimum absolute atomic E-state index is 0.0109. The van der Waals surface area contributed by atoms with Crippen LogP contribution in [0.5, 0.6) is 0 Å². The number of anilines is 2. The lowest BCUT2D eigenvalue weighted by Crippen LogP contribution is -2.22. The molecule has 9 rings (SSSR count). The van der Waals surface area contributed by atoms with Crippen LogP contribution in [-0.4, -0.2) is 79.5 Å². The van der Waals surface area contributed by atoms with Crippen LogP contribution in [0.4, 0.5) is 21.2 Å². The maximum atomic E-state index is 15.0. The van der Waals surface area contributed by atoms with Crippen LogP contribution in [0, 0.1) is 0 Å². The van der Waals surface area contributed by atoms with E-state index in [9.17, 15) is 18.0 Å². The minimum atomic E-state index is -3.61. The molecule has 0 saturated carbocycles. The van der Waals surface area contributed by atoms with Gasteiger partial charge in [0.25, 0.3) is 0 Å². The van der Waals surface area contributed by atoms with Gasteiger partial charge < -0.3 is 24.3 Å². The summed E-state index contributed by atoms with van der Waals surface area (Å²) in [6.07, 6.45) is 4.51. The first-order valence-corrected chi connectivity index (χ1v) is 37.3. The Morgan fingerprint density at radius 1 is 0.590 bits per heavy atom. The molecule has 2 unspecified atom stereocenters. The zero-order chi connectivity index (χ0) is 55.3. The van der Waals surface area contributed by atoms with Gasteiger partial charge in [-0.25, -0.2) is 27.4 Å². The van der Waals surface area contributed by atoms with E-state index in [2.05, 4.69) is 85.4 Å². The standard InChI is InChI=1S/C34H41N5O4SSi.C22H27BrN4O4SSi/c1-45(2,3)21-20-42-24-39-33(36-32(37-39)35-31-29-18-10-14-26(29)22-27-15-11-19-30(27)31)44(41,28-16-8-5-9-17-28)38-34(40)43-23-25-12-6-4-7-13-25;1-33(2,3)15-14-30-17-27-21(24-20(23)25-27)32(29,19-12-8-5-9-13-19)26-22(28)31-16-18-10-6-4-7-11-18/h4-9,12-13,16-17,22H,10-11,14-15,18-21,23-24H2,1-3H3,(H,35,37);4-13H,14-17H2,1-3H3. The summed E-state index contributed by atoms with van der Waals surface area (Å²) in [5.74, 6) is 0.310. The average molecular weight is 1200 g/mol. The van der Waals surface area contributed by atoms with Crippen LogP contribution in [0.1, 0.15) is 46.2 Å². The van der Waals surface area contributed by atoms with Crippen molar-refractivity contribution in [3.8, 4) is 0 Å². The molecule has 17 nitrogen and oxygen atoms in total. The molecule has 5 aromatic carbocycles. The number of rotatable bonds is 20. The van der Waals surface area contributed by atoms with Crippen LogP contribution < -0.4 is 5.32 Å². The van der Waals surface area contributed by atoms with Crippen molar-refractivity contribution in [2.45, 2.75) is 137 Å². The maximum Gasteiger partial charge on any atom is 0.442 e. The minimum Gasteiger partial charge on any atom is -0.443 e. The predicted octanol–water partition coefficient (Wildman–Crippen LogP) is 13.1. The van der Waals surface area contributed by atoms with E-state index in [1.165, 1.54) is 31.6 Å². The first-order chi connectivity index (χ1) is 37.4. The van der Waals surface area contributed by atoms with Gasteiger partial charge in [-0.05, 0) is 124 Å². The van der Waals surface area contributed by atoms with E-state index in [1.54, 1.807) is 54.6 Å². The number of hydrogen-bond acceptors (Lipinski definition) is 13. The largest absolute Gasteiger partial charge is 0.443 e. The quantitative estimate of drug-likeness (QED) is 0.0558. The van der Waals surface area contributed by atoms with Crippen LogP contribution in [0.3, 0.4) is 0 Å². The van der Waals surface area contributed by atoms with Gasteiger partial charge in [0.2, 0.25) is 21.0 Å². The molecule has 7 aromatic rings. The van der Waals surface area contributed by atoms with E-state index in [0.29, 0.717) is 29.0 Å². The Bertz CT molecular complexity index is 3400. The number of amides is 2. The second kappa shape index (κ2) is 26.2. The normalized spacial score (nSPS) is 14.4. The molecule has 2 heterocycles. The number of benzene rings is 5. The molecule has 1 N–H and O–H groups in total. The lowest BCUT2D eigenvalue weighted by Gasteiger charge is -2.16. The van der Waals surface area contributed by atoms with E-state index in [1.807, 2.05) is 66.7 Å². The SMILES string of the molecule is C[Si](C)(C)CCOCn1nc(Br)nc1S(=O)(=NC(=O)OCc1ccccc1)c1ccccc1.C[Si](C)(C)CCOCn1nc(Nc2c3c(cc4c2CCC4)CCC3)nc1S(=O)(=NC(=O)OCc1ccccc1)c1ccccc1. The topological polar surface area (TPSA) is 203 Å². The number of carbonyl (C=O) groups is 2. The summed E-state index contributed by atoms with van der Waals surface area (Å²) in [6.45, 7) is 14.8. The van der Waals surface area contributed by atoms with E-state index < -0.39 is 47.8 Å². The molecular weight excluding hydrogens is 1130 g/mol. The molecular formula is C56H68BrN9O8S2Si2. The highest BCUT2D eigenvalue weighted by atomic mass is 79.9. The van der Waals surface area contributed by atoms with Gasteiger partial charge in [-0.15, -0.1) is 18.9 Å². The summed E-state index contributed by atoms with van der Waals surface area (Å²) < 4.78 is 63.0. The van der Waals surface area contributed by atoms with E-state index in [4.69, 9.17) is 29.0 Å². The molecule has 2 aliphatic rings. The van der Waals surface area contributed by atoms with Crippen molar-refractivity contribution >= 4 is 75.4 Å². The van der Waals surface area contributed by atoms with Crippen LogP contribution in [0.25, 0.3) is 0 Å².